The van der Waals surface area contributed by atoms with E-state index >= 15 is 0 Å². The van der Waals surface area contributed by atoms with Gasteiger partial charge in [-0.15, -0.1) is 12.4 Å². The first kappa shape index (κ1) is 33.7. The molecule has 0 aliphatic carbocycles. The van der Waals surface area contributed by atoms with Crippen LogP contribution in [0.15, 0.2) is 52.4 Å². The molecule has 2 N–H and O–H groups in total. The zero-order valence-corrected chi connectivity index (χ0v) is 25.2. The van der Waals surface area contributed by atoms with Gasteiger partial charge in [0.1, 0.15) is 0 Å². The fourth-order valence-electron chi connectivity index (χ4n) is 4.59. The Hall–Kier alpha value is -2.34. The second kappa shape index (κ2) is 15.9. The number of nitrogens with zero attached hydrogens (tertiary/aromatic N) is 3. The molecule has 3 aromatic rings. The van der Waals surface area contributed by atoms with Gasteiger partial charge in [0.2, 0.25) is 0 Å². The Morgan fingerprint density at radius 2 is 1.03 bits per heavy atom. The summed E-state index contributed by atoms with van der Waals surface area (Å²) in [4.78, 5) is 14.8. The number of aromatic nitrogens is 1. The van der Waals surface area contributed by atoms with Gasteiger partial charge >= 0.3 is 0 Å². The van der Waals surface area contributed by atoms with Crippen molar-refractivity contribution in [2.45, 2.75) is 67.2 Å². The minimum Gasteiger partial charge on any atom is -0.396 e. The van der Waals surface area contributed by atoms with Crippen molar-refractivity contribution < 1.29 is 27.3 Å². The zero-order chi connectivity index (χ0) is 26.2. The van der Waals surface area contributed by atoms with Crippen LogP contribution < -0.4 is 0 Å². The van der Waals surface area contributed by atoms with Crippen LogP contribution in [0.25, 0.3) is 0 Å². The first-order valence-corrected chi connectivity index (χ1v) is 12.7. The van der Waals surface area contributed by atoms with E-state index in [1.165, 1.54) is 11.1 Å². The molecule has 0 unspecified atom stereocenters. The number of pyridine rings is 1. The molecule has 0 amide bonds. The molecule has 0 saturated heterocycles. The van der Waals surface area contributed by atoms with Gasteiger partial charge in [-0.3, -0.25) is 9.98 Å². The van der Waals surface area contributed by atoms with Crippen LogP contribution in [0.1, 0.15) is 71.5 Å². The number of benzene rings is 2. The van der Waals surface area contributed by atoms with Crippen molar-refractivity contribution in [2.75, 3.05) is 13.2 Å². The third kappa shape index (κ3) is 8.86. The first-order valence-electron chi connectivity index (χ1n) is 12.7. The molecule has 2 aromatic carbocycles. The predicted octanol–water partition coefficient (Wildman–Crippen LogP) is 6.87. The molecule has 0 aliphatic rings. The number of aliphatic hydroxyl groups is 2. The Morgan fingerprint density at radius 1 is 0.684 bits per heavy atom. The average molecular weight is 578 g/mol. The molecule has 3 rings (SSSR count). The molecule has 0 aliphatic heterocycles. The quantitative estimate of drug-likeness (QED) is 0.204. The monoisotopic (exact) mass is 577 g/mol. The summed E-state index contributed by atoms with van der Waals surface area (Å²) in [7, 11) is 0. The minimum atomic E-state index is 0. The van der Waals surface area contributed by atoms with E-state index in [9.17, 15) is 0 Å². The van der Waals surface area contributed by atoms with Crippen LogP contribution in [0.3, 0.4) is 0 Å². The van der Waals surface area contributed by atoms with E-state index in [0.717, 1.165) is 82.1 Å². The van der Waals surface area contributed by atoms with Crippen LogP contribution in [0.4, 0.5) is 11.4 Å². The molecule has 0 fully saturated rings. The molecule has 1 heterocycles. The third-order valence-electron chi connectivity index (χ3n) is 6.40. The van der Waals surface area contributed by atoms with Gasteiger partial charge in [-0.2, -0.15) is 0 Å². The zero-order valence-electron chi connectivity index (χ0n) is 23.3. The Morgan fingerprint density at radius 3 is 1.34 bits per heavy atom. The molecule has 7 heteroatoms. The Bertz CT molecular complexity index is 1150. The molecule has 0 bridgehead atoms. The third-order valence-corrected chi connectivity index (χ3v) is 6.40. The first-order chi connectivity index (χ1) is 17.2. The summed E-state index contributed by atoms with van der Waals surface area (Å²) >= 11 is 0. The minimum absolute atomic E-state index is 0. The summed E-state index contributed by atoms with van der Waals surface area (Å²) in [5.74, 6) is 0. The van der Waals surface area contributed by atoms with E-state index < -0.39 is 0 Å². The molecule has 1 aromatic heterocycles. The van der Waals surface area contributed by atoms with Gasteiger partial charge < -0.3 is 10.2 Å². The van der Waals surface area contributed by atoms with Gasteiger partial charge in [0.05, 0.1) is 34.2 Å². The van der Waals surface area contributed by atoms with Crippen LogP contribution >= 0.6 is 12.4 Å². The molecule has 0 radical (unpaired) electrons. The van der Waals surface area contributed by atoms with Gasteiger partial charge in [-0.25, -0.2) is 4.98 Å². The van der Waals surface area contributed by atoms with Crippen LogP contribution in [-0.2, 0) is 29.9 Å². The smallest absolute Gasteiger partial charge is 0.0849 e. The molecule has 5 nitrogen and oxygen atoms in total. The molecule has 0 saturated carbocycles. The van der Waals surface area contributed by atoms with Crippen molar-refractivity contribution in [1.82, 2.24) is 4.98 Å². The fourth-order valence-corrected chi connectivity index (χ4v) is 4.59. The summed E-state index contributed by atoms with van der Waals surface area (Å²) in [5.41, 5.74) is 12.3. The summed E-state index contributed by atoms with van der Waals surface area (Å²) in [6.07, 6.45) is 3.28. The van der Waals surface area contributed by atoms with Crippen molar-refractivity contribution in [1.29, 1.82) is 0 Å². The van der Waals surface area contributed by atoms with Crippen molar-refractivity contribution in [2.24, 2.45) is 9.98 Å². The van der Waals surface area contributed by atoms with Crippen LogP contribution in [-0.4, -0.2) is 39.8 Å². The van der Waals surface area contributed by atoms with E-state index in [1.807, 2.05) is 32.0 Å². The van der Waals surface area contributed by atoms with E-state index in [2.05, 4.69) is 52.0 Å². The van der Waals surface area contributed by atoms with E-state index in [0.29, 0.717) is 0 Å². The maximum absolute atomic E-state index is 9.13. The van der Waals surface area contributed by atoms with Crippen LogP contribution in [0, 0.1) is 27.7 Å². The number of rotatable bonds is 10. The van der Waals surface area contributed by atoms with E-state index in [-0.39, 0.29) is 42.7 Å². The number of aryl methyl sites for hydroxylation is 6. The Kier molecular flexibility index (Phi) is 14.1. The number of aliphatic imine (C=N–C) groups is 2. The van der Waals surface area contributed by atoms with Gasteiger partial charge in [-0.05, 0) is 113 Å². The molecule has 206 valence electrons. The van der Waals surface area contributed by atoms with Crippen LogP contribution in [0.2, 0.25) is 0 Å². The fraction of sp³-hybridized carbons (Fsp3) is 0.387. The molecule has 0 atom stereocenters. The largest absolute Gasteiger partial charge is 0.396 e. The van der Waals surface area contributed by atoms with Crippen molar-refractivity contribution in [3.05, 3.63) is 87.2 Å². The molecule has 0 spiro atoms. The number of hydrogen-bond acceptors (Lipinski definition) is 5. The second-order valence-electron chi connectivity index (χ2n) is 9.61. The summed E-state index contributed by atoms with van der Waals surface area (Å²) in [6, 6.07) is 14.6. The molecule has 38 heavy (non-hydrogen) atoms. The summed E-state index contributed by atoms with van der Waals surface area (Å²) in [5, 5.41) is 18.3. The normalized spacial score (nSPS) is 11.7. The Balaban J connectivity index is 0.00000361. The Labute approximate surface area is 244 Å². The standard InChI is InChI=1S/C31H39N3O2.ClH.Fe/c1-20-16-26(10-8-14-35)17-21(2)30(20)32-24(5)28-12-7-13-29(34-28)25(6)33-31-22(3)18-27(11-9-15-36)19-23(31)4;;/h7,12-13,16-19,35-36H,8-11,14-15H2,1-6H3;1H;. The van der Waals surface area contributed by atoms with Crippen molar-refractivity contribution in [3.63, 3.8) is 0 Å². The van der Waals surface area contributed by atoms with Gasteiger partial charge in [0.15, 0.2) is 0 Å². The number of hydrogen-bond donors (Lipinski definition) is 2. The average Bonchev–Trinajstić information content (AvgIpc) is 2.85. The second-order valence-corrected chi connectivity index (χ2v) is 9.61. The topological polar surface area (TPSA) is 78.1 Å². The maximum Gasteiger partial charge on any atom is 0.0849 e. The SMILES string of the molecule is CC(=Nc1c(C)cc(CCCO)cc1C)c1cccc(C(C)=Nc2c(C)cc(CCCO)cc2C)n1.Cl.[Fe]. The predicted molar refractivity (Wildman–Crippen MR) is 158 cm³/mol. The maximum atomic E-state index is 9.13. The molecular weight excluding hydrogens is 538 g/mol. The van der Waals surface area contributed by atoms with E-state index in [1.54, 1.807) is 0 Å². The van der Waals surface area contributed by atoms with Gasteiger partial charge in [0, 0.05) is 30.3 Å². The van der Waals surface area contributed by atoms with Crippen molar-refractivity contribution in [3.8, 4) is 0 Å². The van der Waals surface area contributed by atoms with Gasteiger partial charge in [-0.1, -0.05) is 30.3 Å². The number of aliphatic hydroxyl groups excluding tert-OH is 2. The van der Waals surface area contributed by atoms with E-state index in [4.69, 9.17) is 25.2 Å². The molecular formula is C31H40ClFeN3O2. The van der Waals surface area contributed by atoms with Crippen molar-refractivity contribution >= 4 is 35.2 Å². The summed E-state index contributed by atoms with van der Waals surface area (Å²) in [6.45, 7) is 12.7. The van der Waals surface area contributed by atoms with Gasteiger partial charge in [0.25, 0.3) is 0 Å². The number of halogens is 1. The summed E-state index contributed by atoms with van der Waals surface area (Å²) < 4.78 is 0. The van der Waals surface area contributed by atoms with Crippen LogP contribution in [0.5, 0.6) is 0 Å².